The highest BCUT2D eigenvalue weighted by Gasteiger charge is 2.13. The van der Waals surface area contributed by atoms with E-state index in [2.05, 4.69) is 15.3 Å². The van der Waals surface area contributed by atoms with Gasteiger partial charge in [0.2, 0.25) is 0 Å². The van der Waals surface area contributed by atoms with Crippen LogP contribution in [-0.4, -0.2) is 28.5 Å². The lowest BCUT2D eigenvalue weighted by atomic mass is 10.2. The van der Waals surface area contributed by atoms with E-state index in [0.29, 0.717) is 24.5 Å². The summed E-state index contributed by atoms with van der Waals surface area (Å²) >= 11 is 0. The van der Waals surface area contributed by atoms with Gasteiger partial charge in [-0.1, -0.05) is 48.5 Å². The molecule has 0 fully saturated rings. The predicted molar refractivity (Wildman–Crippen MR) is 101 cm³/mol. The lowest BCUT2D eigenvalue weighted by molar-refractivity contribution is -0.127. The molecule has 0 unspecified atom stereocenters. The van der Waals surface area contributed by atoms with Gasteiger partial charge in [0.15, 0.2) is 11.9 Å². The van der Waals surface area contributed by atoms with Gasteiger partial charge in [0, 0.05) is 24.5 Å². The molecule has 5 nitrogen and oxygen atoms in total. The van der Waals surface area contributed by atoms with Gasteiger partial charge >= 0.3 is 0 Å². The van der Waals surface area contributed by atoms with Crippen LogP contribution in [0.1, 0.15) is 12.5 Å². The number of nitrogens with one attached hydrogen (secondary N) is 1. The maximum absolute atomic E-state index is 12.1. The van der Waals surface area contributed by atoms with E-state index >= 15 is 0 Å². The molecular weight excluding hydrogens is 326 g/mol. The molecule has 0 saturated carbocycles. The number of hydrogen-bond acceptors (Lipinski definition) is 4. The number of para-hydroxylation sites is 1. The number of amides is 1. The maximum atomic E-state index is 12.1. The summed E-state index contributed by atoms with van der Waals surface area (Å²) in [6.07, 6.45) is 3.71. The van der Waals surface area contributed by atoms with Crippen LogP contribution in [0.3, 0.4) is 0 Å². The van der Waals surface area contributed by atoms with E-state index in [9.17, 15) is 4.79 Å². The van der Waals surface area contributed by atoms with Crippen molar-refractivity contribution in [3.05, 3.63) is 78.6 Å². The van der Waals surface area contributed by atoms with Crippen molar-refractivity contribution in [3.63, 3.8) is 0 Å². The Morgan fingerprint density at radius 2 is 1.62 bits per heavy atom. The summed E-state index contributed by atoms with van der Waals surface area (Å²) in [6.45, 7) is 2.25. The Bertz CT molecular complexity index is 821. The molecule has 1 amide bonds. The fourth-order valence-corrected chi connectivity index (χ4v) is 2.45. The van der Waals surface area contributed by atoms with Gasteiger partial charge in [-0.3, -0.25) is 4.79 Å². The number of aromatic nitrogens is 2. The first-order valence-corrected chi connectivity index (χ1v) is 8.58. The van der Waals surface area contributed by atoms with Gasteiger partial charge in [-0.25, -0.2) is 9.97 Å². The zero-order valence-electron chi connectivity index (χ0n) is 14.6. The number of carbonyl (C=O) groups is 1. The van der Waals surface area contributed by atoms with E-state index in [0.717, 1.165) is 11.1 Å². The maximum Gasteiger partial charge on any atom is 0.260 e. The Balaban J connectivity index is 1.46. The molecule has 0 aliphatic rings. The molecule has 26 heavy (non-hydrogen) atoms. The summed E-state index contributed by atoms with van der Waals surface area (Å²) in [5.74, 6) is 1.24. The molecule has 0 saturated heterocycles. The molecule has 5 heteroatoms. The first-order chi connectivity index (χ1) is 12.7. The van der Waals surface area contributed by atoms with E-state index in [1.165, 1.54) is 0 Å². The summed E-state index contributed by atoms with van der Waals surface area (Å²) in [7, 11) is 0. The molecule has 3 aromatic rings. The first-order valence-electron chi connectivity index (χ1n) is 8.58. The van der Waals surface area contributed by atoms with Crippen molar-refractivity contribution in [3.8, 4) is 17.1 Å². The van der Waals surface area contributed by atoms with Crippen LogP contribution in [0.15, 0.2) is 73.1 Å². The van der Waals surface area contributed by atoms with Gasteiger partial charge in [-0.05, 0) is 31.0 Å². The smallest absolute Gasteiger partial charge is 0.260 e. The Kier molecular flexibility index (Phi) is 5.93. The summed E-state index contributed by atoms with van der Waals surface area (Å²) in [6, 6.07) is 19.1. The normalized spacial score (nSPS) is 11.6. The van der Waals surface area contributed by atoms with Gasteiger partial charge in [-0.2, -0.15) is 0 Å². The Hall–Kier alpha value is -3.21. The molecule has 0 radical (unpaired) electrons. The monoisotopic (exact) mass is 347 g/mol. The quantitative estimate of drug-likeness (QED) is 0.712. The minimum Gasteiger partial charge on any atom is -0.481 e. The van der Waals surface area contributed by atoms with Crippen LogP contribution >= 0.6 is 0 Å². The van der Waals surface area contributed by atoms with Crippen molar-refractivity contribution >= 4 is 5.91 Å². The van der Waals surface area contributed by atoms with Gasteiger partial charge in [-0.15, -0.1) is 0 Å². The largest absolute Gasteiger partial charge is 0.481 e. The third-order valence-electron chi connectivity index (χ3n) is 3.88. The zero-order chi connectivity index (χ0) is 18.2. The van der Waals surface area contributed by atoms with Crippen molar-refractivity contribution in [2.45, 2.75) is 19.4 Å². The summed E-state index contributed by atoms with van der Waals surface area (Å²) in [5, 5.41) is 2.88. The van der Waals surface area contributed by atoms with Gasteiger partial charge < -0.3 is 10.1 Å². The van der Waals surface area contributed by atoms with E-state index in [-0.39, 0.29) is 5.91 Å². The second-order valence-corrected chi connectivity index (χ2v) is 5.90. The number of carbonyl (C=O) groups excluding carboxylic acids is 1. The molecule has 1 aromatic heterocycles. The van der Waals surface area contributed by atoms with Crippen molar-refractivity contribution in [2.75, 3.05) is 6.54 Å². The Morgan fingerprint density at radius 1 is 1.00 bits per heavy atom. The molecule has 0 aliphatic carbocycles. The van der Waals surface area contributed by atoms with E-state index in [1.54, 1.807) is 19.3 Å². The van der Waals surface area contributed by atoms with Crippen molar-refractivity contribution in [1.82, 2.24) is 15.3 Å². The molecule has 2 aromatic carbocycles. The molecular formula is C21H21N3O2. The number of benzene rings is 2. The summed E-state index contributed by atoms with van der Waals surface area (Å²) in [4.78, 5) is 20.9. The number of nitrogens with zero attached hydrogens (tertiary/aromatic N) is 2. The lowest BCUT2D eigenvalue weighted by Crippen LogP contribution is -2.37. The standard InChI is InChI=1S/C21H21N3O2/c1-16(26-19-10-6-3-7-11-19)21(25)22-13-12-17-14-23-20(24-15-17)18-8-4-2-5-9-18/h2-11,14-16H,12-13H2,1H3,(H,22,25)/t16-/m1/s1. The lowest BCUT2D eigenvalue weighted by Gasteiger charge is -2.14. The molecule has 1 heterocycles. The minimum atomic E-state index is -0.547. The highest BCUT2D eigenvalue weighted by molar-refractivity contribution is 5.80. The third kappa shape index (κ3) is 4.89. The second kappa shape index (κ2) is 8.76. The molecule has 0 bridgehead atoms. The van der Waals surface area contributed by atoms with Crippen LogP contribution in [0.4, 0.5) is 0 Å². The molecule has 0 aliphatic heterocycles. The van der Waals surface area contributed by atoms with Crippen molar-refractivity contribution < 1.29 is 9.53 Å². The van der Waals surface area contributed by atoms with Crippen LogP contribution in [0.25, 0.3) is 11.4 Å². The first kappa shape index (κ1) is 17.6. The van der Waals surface area contributed by atoms with E-state index in [1.807, 2.05) is 60.7 Å². The molecule has 0 spiro atoms. The highest BCUT2D eigenvalue weighted by Crippen LogP contribution is 2.13. The van der Waals surface area contributed by atoms with Crippen molar-refractivity contribution in [2.24, 2.45) is 0 Å². The second-order valence-electron chi connectivity index (χ2n) is 5.90. The molecule has 1 atom stereocenters. The average molecular weight is 347 g/mol. The molecule has 132 valence electrons. The fraction of sp³-hybridized carbons (Fsp3) is 0.190. The fourth-order valence-electron chi connectivity index (χ4n) is 2.45. The Labute approximate surface area is 153 Å². The topological polar surface area (TPSA) is 64.1 Å². The SMILES string of the molecule is C[C@@H](Oc1ccccc1)C(=O)NCCc1cnc(-c2ccccc2)nc1. The van der Waals surface area contributed by atoms with Gasteiger partial charge in [0.25, 0.3) is 5.91 Å². The van der Waals surface area contributed by atoms with Crippen LogP contribution in [0.5, 0.6) is 5.75 Å². The molecule has 3 rings (SSSR count). The highest BCUT2D eigenvalue weighted by atomic mass is 16.5. The third-order valence-corrected chi connectivity index (χ3v) is 3.88. The number of rotatable bonds is 7. The summed E-state index contributed by atoms with van der Waals surface area (Å²) in [5.41, 5.74) is 1.96. The Morgan fingerprint density at radius 3 is 2.27 bits per heavy atom. The van der Waals surface area contributed by atoms with Crippen LogP contribution < -0.4 is 10.1 Å². The zero-order valence-corrected chi connectivity index (χ0v) is 14.6. The van der Waals surface area contributed by atoms with Gasteiger partial charge in [0.1, 0.15) is 5.75 Å². The van der Waals surface area contributed by atoms with E-state index < -0.39 is 6.10 Å². The average Bonchev–Trinajstić information content (AvgIpc) is 2.70. The predicted octanol–water partition coefficient (Wildman–Crippen LogP) is 3.27. The van der Waals surface area contributed by atoms with Crippen LogP contribution in [0, 0.1) is 0 Å². The molecule has 1 N–H and O–H groups in total. The van der Waals surface area contributed by atoms with Crippen molar-refractivity contribution in [1.29, 1.82) is 0 Å². The van der Waals surface area contributed by atoms with Crippen LogP contribution in [0.2, 0.25) is 0 Å². The summed E-state index contributed by atoms with van der Waals surface area (Å²) < 4.78 is 5.61. The van der Waals surface area contributed by atoms with Crippen LogP contribution in [-0.2, 0) is 11.2 Å². The minimum absolute atomic E-state index is 0.143. The number of hydrogen-bond donors (Lipinski definition) is 1. The number of ether oxygens (including phenoxy) is 1. The van der Waals surface area contributed by atoms with E-state index in [4.69, 9.17) is 4.74 Å². The van der Waals surface area contributed by atoms with Gasteiger partial charge in [0.05, 0.1) is 0 Å².